The molecule has 2 amide bonds. The van der Waals surface area contributed by atoms with Gasteiger partial charge in [0.2, 0.25) is 0 Å². The zero-order chi connectivity index (χ0) is 18.4. The minimum atomic E-state index is -2.50. The molecule has 1 heterocycles. The fourth-order valence-electron chi connectivity index (χ4n) is 4.47. The second-order valence-corrected chi connectivity index (χ2v) is 13.0. The number of hydrogen-bond acceptors (Lipinski definition) is 4. The van der Waals surface area contributed by atoms with Gasteiger partial charge in [-0.3, -0.25) is 19.7 Å². The number of rotatable bonds is 5. The average molecular weight is 348 g/mol. The molecule has 1 aliphatic heterocycles. The molecule has 6 nitrogen and oxygen atoms in total. The number of nitro benzene ring substituents is 1. The molecule has 0 atom stereocenters. The Morgan fingerprint density at radius 1 is 0.917 bits per heavy atom. The second-order valence-electron chi connectivity index (χ2n) is 7.28. The zero-order valence-electron chi connectivity index (χ0n) is 15.0. The molecule has 1 aromatic carbocycles. The third kappa shape index (κ3) is 2.38. The molecular weight excluding hydrogens is 324 g/mol. The van der Waals surface area contributed by atoms with Crippen LogP contribution < -0.4 is 0 Å². The lowest BCUT2D eigenvalue weighted by molar-refractivity contribution is -0.384. The molecule has 0 radical (unpaired) electrons. The van der Waals surface area contributed by atoms with E-state index in [0.717, 1.165) is 0 Å². The van der Waals surface area contributed by atoms with Gasteiger partial charge in [-0.1, -0.05) is 41.5 Å². The fourth-order valence-corrected chi connectivity index (χ4v) is 11.0. The highest BCUT2D eigenvalue weighted by Gasteiger charge is 2.56. The molecule has 0 bridgehead atoms. The SMILES string of the molecule is CC(C)[Si](C(C)C)(C(C)C)N1C(=O)c2ccc([N+](=O)[O-])cc2C1=O. The van der Waals surface area contributed by atoms with Crippen molar-refractivity contribution < 1.29 is 14.5 Å². The van der Waals surface area contributed by atoms with Gasteiger partial charge in [0.05, 0.1) is 16.1 Å². The van der Waals surface area contributed by atoms with Crippen LogP contribution in [0.25, 0.3) is 0 Å². The number of carbonyl (C=O) groups excluding carboxylic acids is 2. The molecule has 0 saturated carbocycles. The van der Waals surface area contributed by atoms with Gasteiger partial charge in [0.1, 0.15) is 0 Å². The van der Waals surface area contributed by atoms with E-state index in [2.05, 4.69) is 41.5 Å². The molecule has 24 heavy (non-hydrogen) atoms. The Bertz CT molecular complexity index is 691. The maximum absolute atomic E-state index is 13.1. The molecule has 1 aromatic rings. The van der Waals surface area contributed by atoms with Crippen LogP contribution in [-0.4, -0.2) is 29.5 Å². The maximum atomic E-state index is 13.1. The smallest absolute Gasteiger partial charge is 0.270 e. The highest BCUT2D eigenvalue weighted by molar-refractivity contribution is 6.85. The summed E-state index contributed by atoms with van der Waals surface area (Å²) in [5.74, 6) is -0.672. The van der Waals surface area contributed by atoms with Gasteiger partial charge in [-0.2, -0.15) is 0 Å². The van der Waals surface area contributed by atoms with Crippen LogP contribution in [0.2, 0.25) is 16.6 Å². The van der Waals surface area contributed by atoms with Crippen LogP contribution in [0.5, 0.6) is 0 Å². The summed E-state index contributed by atoms with van der Waals surface area (Å²) >= 11 is 0. The summed E-state index contributed by atoms with van der Waals surface area (Å²) in [6.07, 6.45) is 0. The van der Waals surface area contributed by atoms with E-state index in [9.17, 15) is 19.7 Å². The van der Waals surface area contributed by atoms with Crippen molar-refractivity contribution in [3.05, 3.63) is 39.4 Å². The maximum Gasteiger partial charge on any atom is 0.270 e. The highest BCUT2D eigenvalue weighted by Crippen LogP contribution is 2.47. The Labute approximate surface area is 143 Å². The normalized spacial score (nSPS) is 15.0. The first-order chi connectivity index (χ1) is 11.1. The number of hydrogen-bond donors (Lipinski definition) is 0. The molecular formula is C17H24N2O4Si. The minimum Gasteiger partial charge on any atom is -0.303 e. The Morgan fingerprint density at radius 2 is 1.38 bits per heavy atom. The number of nitrogens with zero attached hydrogens (tertiary/aromatic N) is 2. The number of benzene rings is 1. The van der Waals surface area contributed by atoms with Gasteiger partial charge in [-0.05, 0) is 22.7 Å². The van der Waals surface area contributed by atoms with Crippen molar-refractivity contribution in [1.82, 2.24) is 4.57 Å². The van der Waals surface area contributed by atoms with Gasteiger partial charge >= 0.3 is 0 Å². The molecule has 1 aliphatic rings. The van der Waals surface area contributed by atoms with E-state index in [0.29, 0.717) is 0 Å². The van der Waals surface area contributed by atoms with Crippen LogP contribution >= 0.6 is 0 Å². The summed E-state index contributed by atoms with van der Waals surface area (Å²) in [6.45, 7) is 12.4. The number of non-ortho nitro benzene ring substituents is 1. The Kier molecular flexibility index (Phi) is 4.67. The summed E-state index contributed by atoms with van der Waals surface area (Å²) in [7, 11) is -2.50. The van der Waals surface area contributed by atoms with Crippen LogP contribution in [0.4, 0.5) is 5.69 Å². The van der Waals surface area contributed by atoms with E-state index in [4.69, 9.17) is 0 Å². The van der Waals surface area contributed by atoms with Crippen molar-refractivity contribution in [3.63, 3.8) is 0 Å². The van der Waals surface area contributed by atoms with Crippen molar-refractivity contribution in [1.29, 1.82) is 0 Å². The Balaban J connectivity index is 2.66. The highest BCUT2D eigenvalue weighted by atomic mass is 28.3. The molecule has 2 rings (SSSR count). The summed E-state index contributed by atoms with van der Waals surface area (Å²) in [5.41, 5.74) is 0.846. The van der Waals surface area contributed by atoms with Gasteiger partial charge in [0.25, 0.3) is 17.5 Å². The number of fused-ring (bicyclic) bond motifs is 1. The number of carbonyl (C=O) groups is 2. The summed E-state index contributed by atoms with van der Waals surface area (Å²) in [4.78, 5) is 36.5. The number of imide groups is 1. The van der Waals surface area contributed by atoms with E-state index in [1.54, 1.807) is 0 Å². The molecule has 0 aromatic heterocycles. The molecule has 0 saturated heterocycles. The predicted octanol–water partition coefficient (Wildman–Crippen LogP) is 4.37. The first kappa shape index (κ1) is 18.3. The molecule has 130 valence electrons. The number of nitro groups is 1. The standard InChI is InChI=1S/C17H24N2O4Si/c1-10(2)24(11(3)4,12(5)6)18-16(20)14-8-7-13(19(22)23)9-15(14)17(18)21/h7-12H,1-6H3. The van der Waals surface area contributed by atoms with E-state index < -0.39 is 13.2 Å². The monoisotopic (exact) mass is 348 g/mol. The van der Waals surface area contributed by atoms with Gasteiger partial charge in [0, 0.05) is 12.1 Å². The van der Waals surface area contributed by atoms with Crippen molar-refractivity contribution in [2.45, 2.75) is 58.2 Å². The predicted molar refractivity (Wildman–Crippen MR) is 94.6 cm³/mol. The van der Waals surface area contributed by atoms with Crippen LogP contribution in [0.1, 0.15) is 62.3 Å². The zero-order valence-corrected chi connectivity index (χ0v) is 16.0. The van der Waals surface area contributed by atoms with E-state index in [1.807, 2.05) is 0 Å². The first-order valence-electron chi connectivity index (χ1n) is 8.24. The summed E-state index contributed by atoms with van der Waals surface area (Å²) < 4.78 is 1.49. The van der Waals surface area contributed by atoms with Crippen LogP contribution in [-0.2, 0) is 0 Å². The Morgan fingerprint density at radius 3 is 1.79 bits per heavy atom. The van der Waals surface area contributed by atoms with Gasteiger partial charge in [-0.15, -0.1) is 0 Å². The largest absolute Gasteiger partial charge is 0.303 e. The lowest BCUT2D eigenvalue weighted by Gasteiger charge is -2.47. The first-order valence-corrected chi connectivity index (χ1v) is 10.4. The van der Waals surface area contributed by atoms with Crippen LogP contribution in [0.15, 0.2) is 18.2 Å². The van der Waals surface area contributed by atoms with Gasteiger partial charge in [-0.25, -0.2) is 0 Å². The molecule has 0 spiro atoms. The molecule has 0 aliphatic carbocycles. The van der Waals surface area contributed by atoms with Crippen molar-refractivity contribution in [2.24, 2.45) is 0 Å². The fraction of sp³-hybridized carbons (Fsp3) is 0.529. The lowest BCUT2D eigenvalue weighted by atomic mass is 10.1. The topological polar surface area (TPSA) is 80.5 Å². The van der Waals surface area contributed by atoms with E-state index in [-0.39, 0.29) is 45.3 Å². The van der Waals surface area contributed by atoms with Crippen molar-refractivity contribution in [2.75, 3.05) is 0 Å². The van der Waals surface area contributed by atoms with E-state index >= 15 is 0 Å². The summed E-state index contributed by atoms with van der Waals surface area (Å²) in [6, 6.07) is 3.93. The van der Waals surface area contributed by atoms with Crippen LogP contribution in [0.3, 0.4) is 0 Å². The Hall–Kier alpha value is -2.02. The third-order valence-electron chi connectivity index (χ3n) is 5.24. The average Bonchev–Trinajstić information content (AvgIpc) is 2.72. The summed E-state index contributed by atoms with van der Waals surface area (Å²) in [5, 5.41) is 11.0. The van der Waals surface area contributed by atoms with Gasteiger partial charge < -0.3 is 4.57 Å². The quantitative estimate of drug-likeness (QED) is 0.342. The third-order valence-corrected chi connectivity index (χ3v) is 12.0. The van der Waals surface area contributed by atoms with Crippen LogP contribution in [0, 0.1) is 10.1 Å². The van der Waals surface area contributed by atoms with Crippen molar-refractivity contribution >= 4 is 25.7 Å². The van der Waals surface area contributed by atoms with Crippen molar-refractivity contribution in [3.8, 4) is 0 Å². The molecule has 7 heteroatoms. The minimum absolute atomic E-state index is 0.160. The number of amides is 2. The van der Waals surface area contributed by atoms with Gasteiger partial charge in [0.15, 0.2) is 8.24 Å². The second kappa shape index (κ2) is 6.12. The molecule has 0 fully saturated rings. The lowest BCUT2D eigenvalue weighted by Crippen LogP contribution is -2.62. The van der Waals surface area contributed by atoms with E-state index in [1.165, 1.54) is 22.8 Å². The molecule has 0 unspecified atom stereocenters. The molecule has 0 N–H and O–H groups in total.